The number of amides is 1. The van der Waals surface area contributed by atoms with Crippen molar-refractivity contribution in [1.29, 1.82) is 0 Å². The van der Waals surface area contributed by atoms with Gasteiger partial charge in [0.2, 0.25) is 0 Å². The first-order valence-electron chi connectivity index (χ1n) is 6.40. The number of carboxylic acids is 1. The molecule has 3 aromatic rings. The van der Waals surface area contributed by atoms with Crippen LogP contribution in [-0.4, -0.2) is 11.9 Å². The van der Waals surface area contributed by atoms with Gasteiger partial charge in [-0.15, -0.1) is 11.3 Å². The Morgan fingerprint density at radius 2 is 1.86 bits per heavy atom. The zero-order chi connectivity index (χ0) is 15.5. The summed E-state index contributed by atoms with van der Waals surface area (Å²) in [6, 6.07) is 12.1. The SMILES string of the molecule is O=C(Nc1scc(-c2ccccc2)c1C(=O)[O-])c1ccco1. The van der Waals surface area contributed by atoms with Gasteiger partial charge in [-0.3, -0.25) is 4.79 Å². The molecule has 0 fully saturated rings. The van der Waals surface area contributed by atoms with Crippen molar-refractivity contribution in [3.05, 3.63) is 65.4 Å². The highest BCUT2D eigenvalue weighted by molar-refractivity contribution is 7.15. The van der Waals surface area contributed by atoms with Crippen LogP contribution in [0.4, 0.5) is 5.00 Å². The third-order valence-corrected chi connectivity index (χ3v) is 3.95. The van der Waals surface area contributed by atoms with Gasteiger partial charge in [0.1, 0.15) is 5.00 Å². The van der Waals surface area contributed by atoms with Gasteiger partial charge < -0.3 is 19.6 Å². The molecule has 0 aliphatic carbocycles. The smallest absolute Gasteiger partial charge is 0.291 e. The van der Waals surface area contributed by atoms with Gasteiger partial charge >= 0.3 is 0 Å². The maximum Gasteiger partial charge on any atom is 0.291 e. The molecule has 5 nitrogen and oxygen atoms in total. The average Bonchev–Trinajstić information content (AvgIpc) is 3.17. The molecule has 0 aliphatic heterocycles. The summed E-state index contributed by atoms with van der Waals surface area (Å²) in [5, 5.41) is 15.9. The van der Waals surface area contributed by atoms with E-state index in [-0.39, 0.29) is 16.3 Å². The lowest BCUT2D eigenvalue weighted by molar-refractivity contribution is -0.254. The highest BCUT2D eigenvalue weighted by atomic mass is 32.1. The number of carboxylic acid groups (broad SMARTS) is 1. The van der Waals surface area contributed by atoms with Crippen molar-refractivity contribution >= 4 is 28.2 Å². The number of hydrogen-bond donors (Lipinski definition) is 1. The Labute approximate surface area is 129 Å². The number of furan rings is 1. The second-order valence-electron chi connectivity index (χ2n) is 4.44. The number of hydrogen-bond acceptors (Lipinski definition) is 5. The standard InChI is InChI=1S/C16H11NO4S/c18-14(12-7-4-8-21-12)17-15-13(16(19)20)11(9-22-15)10-5-2-1-3-6-10/h1-9H,(H,17,18)(H,19,20)/p-1. The summed E-state index contributed by atoms with van der Waals surface area (Å²) in [7, 11) is 0. The summed E-state index contributed by atoms with van der Waals surface area (Å²) >= 11 is 1.13. The molecule has 22 heavy (non-hydrogen) atoms. The maximum atomic E-state index is 12.0. The van der Waals surface area contributed by atoms with Gasteiger partial charge in [-0.25, -0.2) is 0 Å². The largest absolute Gasteiger partial charge is 0.545 e. The molecular formula is C16H10NO4S-. The Morgan fingerprint density at radius 3 is 2.50 bits per heavy atom. The van der Waals surface area contributed by atoms with Crippen molar-refractivity contribution in [2.75, 3.05) is 5.32 Å². The van der Waals surface area contributed by atoms with E-state index in [0.29, 0.717) is 5.56 Å². The Balaban J connectivity index is 1.97. The molecular weight excluding hydrogens is 302 g/mol. The maximum absolute atomic E-state index is 12.0. The molecule has 6 heteroatoms. The average molecular weight is 312 g/mol. The molecule has 0 aliphatic rings. The molecule has 1 aromatic carbocycles. The zero-order valence-electron chi connectivity index (χ0n) is 11.2. The van der Waals surface area contributed by atoms with Crippen LogP contribution in [0.1, 0.15) is 20.9 Å². The first-order valence-corrected chi connectivity index (χ1v) is 7.28. The molecule has 0 radical (unpaired) electrons. The highest BCUT2D eigenvalue weighted by Crippen LogP contribution is 2.35. The normalized spacial score (nSPS) is 10.4. The van der Waals surface area contributed by atoms with Crippen LogP contribution in [0, 0.1) is 0 Å². The molecule has 2 heterocycles. The Bertz CT molecular complexity index is 806. The van der Waals surface area contributed by atoms with Gasteiger partial charge in [0.25, 0.3) is 5.91 Å². The molecule has 110 valence electrons. The van der Waals surface area contributed by atoms with Crippen molar-refractivity contribution in [3.8, 4) is 11.1 Å². The molecule has 1 N–H and O–H groups in total. The Kier molecular flexibility index (Phi) is 3.76. The van der Waals surface area contributed by atoms with Crippen LogP contribution >= 0.6 is 11.3 Å². The lowest BCUT2D eigenvalue weighted by Crippen LogP contribution is -2.24. The fraction of sp³-hybridized carbons (Fsp3) is 0. The van der Waals surface area contributed by atoms with E-state index in [1.54, 1.807) is 23.6 Å². The molecule has 0 saturated heterocycles. The molecule has 0 unspecified atom stereocenters. The van der Waals surface area contributed by atoms with E-state index in [2.05, 4.69) is 5.32 Å². The van der Waals surface area contributed by atoms with Crippen molar-refractivity contribution < 1.29 is 19.1 Å². The zero-order valence-corrected chi connectivity index (χ0v) is 12.1. The van der Waals surface area contributed by atoms with Gasteiger partial charge in [0, 0.05) is 16.5 Å². The van der Waals surface area contributed by atoms with Crippen LogP contribution < -0.4 is 10.4 Å². The number of rotatable bonds is 4. The van der Waals surface area contributed by atoms with Crippen LogP contribution in [-0.2, 0) is 0 Å². The summed E-state index contributed by atoms with van der Waals surface area (Å²) in [4.78, 5) is 23.5. The monoisotopic (exact) mass is 312 g/mol. The quantitative estimate of drug-likeness (QED) is 0.803. The van der Waals surface area contributed by atoms with Gasteiger partial charge in [-0.1, -0.05) is 30.3 Å². The van der Waals surface area contributed by atoms with Crippen LogP contribution in [0.2, 0.25) is 0 Å². The number of nitrogens with one attached hydrogen (secondary N) is 1. The van der Waals surface area contributed by atoms with E-state index in [4.69, 9.17) is 4.42 Å². The first-order chi connectivity index (χ1) is 10.7. The predicted molar refractivity (Wildman–Crippen MR) is 80.7 cm³/mol. The highest BCUT2D eigenvalue weighted by Gasteiger charge is 2.18. The second kappa shape index (κ2) is 5.87. The summed E-state index contributed by atoms with van der Waals surface area (Å²) in [6.07, 6.45) is 1.37. The van der Waals surface area contributed by atoms with E-state index in [1.807, 2.05) is 18.2 Å². The van der Waals surface area contributed by atoms with E-state index in [0.717, 1.165) is 16.9 Å². The van der Waals surface area contributed by atoms with Crippen LogP contribution in [0.3, 0.4) is 0 Å². The van der Waals surface area contributed by atoms with Crippen molar-refractivity contribution in [1.82, 2.24) is 0 Å². The van der Waals surface area contributed by atoms with Gasteiger partial charge in [0.15, 0.2) is 5.76 Å². The lowest BCUT2D eigenvalue weighted by Gasteiger charge is -2.09. The van der Waals surface area contributed by atoms with Crippen molar-refractivity contribution in [2.45, 2.75) is 0 Å². The minimum absolute atomic E-state index is 0.0314. The summed E-state index contributed by atoms with van der Waals surface area (Å²) < 4.78 is 4.99. The van der Waals surface area contributed by atoms with E-state index < -0.39 is 11.9 Å². The lowest BCUT2D eigenvalue weighted by atomic mass is 10.0. The van der Waals surface area contributed by atoms with Gasteiger partial charge in [-0.2, -0.15) is 0 Å². The molecule has 0 saturated carbocycles. The Hall–Kier alpha value is -2.86. The minimum Gasteiger partial charge on any atom is -0.545 e. The molecule has 0 spiro atoms. The fourth-order valence-electron chi connectivity index (χ4n) is 2.06. The number of carbonyl (C=O) groups is 2. The first kappa shape index (κ1) is 14.1. The predicted octanol–water partition coefficient (Wildman–Crippen LogP) is 2.62. The van der Waals surface area contributed by atoms with Gasteiger partial charge in [-0.05, 0) is 17.7 Å². The van der Waals surface area contributed by atoms with Crippen molar-refractivity contribution in [3.63, 3.8) is 0 Å². The van der Waals surface area contributed by atoms with E-state index in [1.165, 1.54) is 12.3 Å². The van der Waals surface area contributed by atoms with Crippen LogP contribution in [0.25, 0.3) is 11.1 Å². The third-order valence-electron chi connectivity index (χ3n) is 3.05. The number of aromatic carboxylic acids is 1. The van der Waals surface area contributed by atoms with Crippen LogP contribution in [0.15, 0.2) is 58.5 Å². The third kappa shape index (κ3) is 2.64. The number of anilines is 1. The number of carbonyl (C=O) groups excluding carboxylic acids is 2. The van der Waals surface area contributed by atoms with Crippen LogP contribution in [0.5, 0.6) is 0 Å². The summed E-state index contributed by atoms with van der Waals surface area (Å²) in [5.41, 5.74) is 1.23. The second-order valence-corrected chi connectivity index (χ2v) is 5.32. The van der Waals surface area contributed by atoms with E-state index in [9.17, 15) is 14.7 Å². The minimum atomic E-state index is -1.34. The molecule has 2 aromatic heterocycles. The molecule has 0 atom stereocenters. The number of benzene rings is 1. The topological polar surface area (TPSA) is 82.4 Å². The summed E-state index contributed by atoms with van der Waals surface area (Å²) in [6.45, 7) is 0. The van der Waals surface area contributed by atoms with Crippen molar-refractivity contribution in [2.24, 2.45) is 0 Å². The molecule has 3 rings (SSSR count). The summed E-state index contributed by atoms with van der Waals surface area (Å²) in [5.74, 6) is -1.73. The molecule has 1 amide bonds. The number of thiophene rings is 1. The van der Waals surface area contributed by atoms with E-state index >= 15 is 0 Å². The fourth-order valence-corrected chi connectivity index (χ4v) is 3.01. The molecule has 0 bridgehead atoms. The van der Waals surface area contributed by atoms with Gasteiger partial charge in [0.05, 0.1) is 12.2 Å². The Morgan fingerprint density at radius 1 is 1.09 bits per heavy atom.